The number of nitrogens with two attached hydrogens (primary N) is 1. The Labute approximate surface area is 168 Å². The average molecular weight is 386 g/mol. The van der Waals surface area contributed by atoms with E-state index in [4.69, 9.17) is 10.7 Å². The number of nitrogen functional groups attached to an aromatic ring is 1. The largest absolute Gasteiger partial charge is 0.384 e. The number of carbonyl (C=O) groups is 1. The van der Waals surface area contributed by atoms with Gasteiger partial charge in [-0.15, -0.1) is 0 Å². The van der Waals surface area contributed by atoms with Gasteiger partial charge in [0.2, 0.25) is 0 Å². The number of para-hydroxylation sites is 1. The van der Waals surface area contributed by atoms with Crippen molar-refractivity contribution in [2.45, 2.75) is 31.7 Å². The molecule has 3 N–H and O–H groups in total. The quantitative estimate of drug-likeness (QED) is 0.562. The molecule has 4 heterocycles. The van der Waals surface area contributed by atoms with Crippen LogP contribution < -0.4 is 11.1 Å². The maximum Gasteiger partial charge on any atom is 0.165 e. The first-order valence-electron chi connectivity index (χ1n) is 9.84. The Morgan fingerprint density at radius 2 is 2.07 bits per heavy atom. The predicted molar refractivity (Wildman–Crippen MR) is 113 cm³/mol. The van der Waals surface area contributed by atoms with Crippen LogP contribution in [0.5, 0.6) is 0 Å². The van der Waals surface area contributed by atoms with Gasteiger partial charge in [0.05, 0.1) is 23.4 Å². The van der Waals surface area contributed by atoms with Crippen LogP contribution in [0.4, 0.5) is 5.82 Å². The number of rotatable bonds is 3. The third kappa shape index (κ3) is 3.03. The highest BCUT2D eigenvalue weighted by atomic mass is 16.1. The fourth-order valence-electron chi connectivity index (χ4n) is 4.19. The number of piperidine rings is 1. The summed E-state index contributed by atoms with van der Waals surface area (Å²) in [6.45, 7) is 2.35. The minimum absolute atomic E-state index is 0.0546. The van der Waals surface area contributed by atoms with Gasteiger partial charge in [0.25, 0.3) is 0 Å². The number of benzene rings is 1. The normalized spacial score (nSPS) is 19.6. The Hall–Kier alpha value is -3.32. The lowest BCUT2D eigenvalue weighted by molar-refractivity contribution is -0.119. The fraction of sp³-hybridized carbons (Fsp3) is 0.273. The molecule has 3 aromatic heterocycles. The van der Waals surface area contributed by atoms with Crippen LogP contribution in [0.3, 0.4) is 0 Å². The second-order valence-electron chi connectivity index (χ2n) is 7.62. The van der Waals surface area contributed by atoms with Crippen LogP contribution in [0.1, 0.15) is 31.4 Å². The Bertz CT molecular complexity index is 1220. The molecule has 0 saturated carbocycles. The van der Waals surface area contributed by atoms with E-state index >= 15 is 0 Å². The van der Waals surface area contributed by atoms with Gasteiger partial charge in [0.15, 0.2) is 5.65 Å². The zero-order valence-electron chi connectivity index (χ0n) is 16.2. The van der Waals surface area contributed by atoms with Crippen molar-refractivity contribution in [2.75, 3.05) is 12.3 Å². The van der Waals surface area contributed by atoms with Crippen LogP contribution in [0.15, 0.2) is 48.8 Å². The molecule has 5 rings (SSSR count). The molecule has 146 valence electrons. The number of ketones is 1. The Kier molecular flexibility index (Phi) is 4.24. The first-order valence-corrected chi connectivity index (χ1v) is 9.84. The van der Waals surface area contributed by atoms with Gasteiger partial charge in [-0.25, -0.2) is 4.98 Å². The van der Waals surface area contributed by atoms with Crippen LogP contribution in [0.2, 0.25) is 0 Å². The van der Waals surface area contributed by atoms with Gasteiger partial charge in [-0.1, -0.05) is 18.2 Å². The number of anilines is 1. The summed E-state index contributed by atoms with van der Waals surface area (Å²) in [5.74, 6) is 0.965. The number of hydrogen-bond donors (Lipinski definition) is 2. The number of Topliss-reactive ketones (excluding diaryl/α,β-unsaturated/α-hetero) is 1. The number of nitrogens with one attached hydrogen (secondary N) is 1. The zero-order chi connectivity index (χ0) is 20.0. The van der Waals surface area contributed by atoms with Crippen molar-refractivity contribution in [1.29, 1.82) is 0 Å². The molecule has 1 aliphatic rings. The highest BCUT2D eigenvalue weighted by molar-refractivity contribution is 5.97. The van der Waals surface area contributed by atoms with Crippen molar-refractivity contribution in [3.63, 3.8) is 0 Å². The Morgan fingerprint density at radius 1 is 1.21 bits per heavy atom. The first-order chi connectivity index (χ1) is 14.1. The lowest BCUT2D eigenvalue weighted by Crippen LogP contribution is -2.42. The topological polar surface area (TPSA) is 98.2 Å². The monoisotopic (exact) mass is 386 g/mol. The van der Waals surface area contributed by atoms with E-state index in [1.54, 1.807) is 17.6 Å². The molecule has 0 bridgehead atoms. The maximum atomic E-state index is 11.6. The number of carbonyl (C=O) groups excluding carboxylic acids is 1. The molecule has 0 amide bonds. The summed E-state index contributed by atoms with van der Waals surface area (Å²) < 4.78 is 1.68. The number of hydrogen-bond acceptors (Lipinski definition) is 6. The van der Waals surface area contributed by atoms with E-state index in [9.17, 15) is 4.79 Å². The number of nitrogens with zero attached hydrogens (tertiary/aromatic N) is 4. The standard InChI is InChI=1S/C22H22N6O/c1-13(29)18-7-6-14(11-25-18)20-10-21(23)28-22(27-20)17(12-26-28)15-8-9-24-19-5-3-2-4-16(15)19/h2-5,8-10,12,14,18,25H,6-7,11,23H2,1H3. The van der Waals surface area contributed by atoms with Gasteiger partial charge in [-0.05, 0) is 37.5 Å². The van der Waals surface area contributed by atoms with Crippen molar-refractivity contribution in [3.8, 4) is 11.1 Å². The Morgan fingerprint density at radius 3 is 2.86 bits per heavy atom. The average Bonchev–Trinajstić information content (AvgIpc) is 3.18. The number of pyridine rings is 1. The number of fused-ring (bicyclic) bond motifs is 2. The molecule has 1 saturated heterocycles. The summed E-state index contributed by atoms with van der Waals surface area (Å²) in [4.78, 5) is 21.0. The summed E-state index contributed by atoms with van der Waals surface area (Å²) in [5.41, 5.74) is 10.9. The summed E-state index contributed by atoms with van der Waals surface area (Å²) >= 11 is 0. The van der Waals surface area contributed by atoms with E-state index in [0.717, 1.165) is 46.2 Å². The van der Waals surface area contributed by atoms with E-state index < -0.39 is 0 Å². The minimum Gasteiger partial charge on any atom is -0.384 e. The summed E-state index contributed by atoms with van der Waals surface area (Å²) in [6.07, 6.45) is 5.34. The predicted octanol–water partition coefficient (Wildman–Crippen LogP) is 2.95. The van der Waals surface area contributed by atoms with E-state index in [2.05, 4.69) is 21.5 Å². The van der Waals surface area contributed by atoms with Crippen LogP contribution in [-0.2, 0) is 4.79 Å². The Balaban J connectivity index is 1.59. The summed E-state index contributed by atoms with van der Waals surface area (Å²) in [6, 6.07) is 11.9. The molecule has 0 spiro atoms. The summed E-state index contributed by atoms with van der Waals surface area (Å²) in [5, 5.41) is 8.86. The van der Waals surface area contributed by atoms with Crippen molar-refractivity contribution >= 4 is 28.2 Å². The molecule has 7 nitrogen and oxygen atoms in total. The van der Waals surface area contributed by atoms with Crippen molar-refractivity contribution in [3.05, 3.63) is 54.5 Å². The molecule has 4 aromatic rings. The van der Waals surface area contributed by atoms with Gasteiger partial charge < -0.3 is 11.1 Å². The second-order valence-corrected chi connectivity index (χ2v) is 7.62. The molecule has 0 radical (unpaired) electrons. The van der Waals surface area contributed by atoms with Crippen LogP contribution in [-0.4, -0.2) is 38.0 Å². The molecule has 29 heavy (non-hydrogen) atoms. The van der Waals surface area contributed by atoms with Crippen LogP contribution in [0, 0.1) is 0 Å². The second kappa shape index (κ2) is 6.93. The highest BCUT2D eigenvalue weighted by Gasteiger charge is 2.26. The molecule has 1 aliphatic heterocycles. The molecule has 1 fully saturated rings. The zero-order valence-corrected chi connectivity index (χ0v) is 16.2. The molecule has 7 heteroatoms. The maximum absolute atomic E-state index is 11.6. The third-order valence-electron chi connectivity index (χ3n) is 5.78. The summed E-state index contributed by atoms with van der Waals surface area (Å²) in [7, 11) is 0. The fourth-order valence-corrected chi connectivity index (χ4v) is 4.19. The van der Waals surface area contributed by atoms with Crippen molar-refractivity contribution in [1.82, 2.24) is 24.9 Å². The van der Waals surface area contributed by atoms with Crippen molar-refractivity contribution < 1.29 is 4.79 Å². The van der Waals surface area contributed by atoms with Gasteiger partial charge in [-0.3, -0.25) is 9.78 Å². The molecule has 1 aromatic carbocycles. The lowest BCUT2D eigenvalue weighted by atomic mass is 9.90. The lowest BCUT2D eigenvalue weighted by Gasteiger charge is -2.28. The van der Waals surface area contributed by atoms with E-state index in [1.165, 1.54) is 0 Å². The van der Waals surface area contributed by atoms with Crippen molar-refractivity contribution in [2.24, 2.45) is 0 Å². The molecular weight excluding hydrogens is 364 g/mol. The van der Waals surface area contributed by atoms with E-state index in [1.807, 2.05) is 36.5 Å². The minimum atomic E-state index is -0.0546. The van der Waals surface area contributed by atoms with E-state index in [0.29, 0.717) is 12.4 Å². The van der Waals surface area contributed by atoms with Gasteiger partial charge in [0, 0.05) is 35.7 Å². The van der Waals surface area contributed by atoms with Gasteiger partial charge in [-0.2, -0.15) is 9.61 Å². The van der Waals surface area contributed by atoms with Gasteiger partial charge >= 0.3 is 0 Å². The van der Waals surface area contributed by atoms with Gasteiger partial charge in [0.1, 0.15) is 11.6 Å². The molecule has 2 atom stereocenters. The smallest absolute Gasteiger partial charge is 0.165 e. The molecular formula is C22H22N6O. The molecule has 2 unspecified atom stereocenters. The van der Waals surface area contributed by atoms with Crippen LogP contribution in [0.25, 0.3) is 27.7 Å². The SMILES string of the molecule is CC(=O)C1CCC(c2cc(N)n3ncc(-c4ccnc5ccccc45)c3n2)CN1. The number of aromatic nitrogens is 4. The van der Waals surface area contributed by atoms with E-state index in [-0.39, 0.29) is 17.7 Å². The molecule has 0 aliphatic carbocycles. The third-order valence-corrected chi connectivity index (χ3v) is 5.78. The first kappa shape index (κ1) is 17.8. The highest BCUT2D eigenvalue weighted by Crippen LogP contribution is 2.32. The van der Waals surface area contributed by atoms with Crippen LogP contribution >= 0.6 is 0 Å².